The third-order valence-electron chi connectivity index (χ3n) is 2.04. The van der Waals surface area contributed by atoms with E-state index in [9.17, 15) is 8.42 Å². The summed E-state index contributed by atoms with van der Waals surface area (Å²) in [5.41, 5.74) is 5.96. The number of sulfonamides is 1. The molecule has 0 atom stereocenters. The number of hydrogen-bond acceptors (Lipinski definition) is 5. The summed E-state index contributed by atoms with van der Waals surface area (Å²) >= 11 is 5.64. The number of nitrogens with one attached hydrogen (secondary N) is 1. The van der Waals surface area contributed by atoms with Crippen LogP contribution in [0, 0.1) is 0 Å². The number of benzene rings is 1. The van der Waals surface area contributed by atoms with Crippen LogP contribution in [0.2, 0.25) is 5.15 Å². The molecule has 1 aromatic heterocycles. The van der Waals surface area contributed by atoms with E-state index in [4.69, 9.17) is 17.3 Å². The van der Waals surface area contributed by atoms with Gasteiger partial charge in [-0.3, -0.25) is 0 Å². The third-order valence-corrected chi connectivity index (χ3v) is 3.59. The monoisotopic (exact) mass is 284 g/mol. The largest absolute Gasteiger partial charge is 0.399 e. The molecule has 0 radical (unpaired) electrons. The maximum absolute atomic E-state index is 11.9. The number of nitrogen functional groups attached to an aromatic ring is 1. The second-order valence-electron chi connectivity index (χ2n) is 3.38. The molecule has 0 aliphatic heterocycles. The van der Waals surface area contributed by atoms with Gasteiger partial charge in [-0.1, -0.05) is 11.6 Å². The summed E-state index contributed by atoms with van der Waals surface area (Å²) in [4.78, 5) is 7.57. The minimum Gasteiger partial charge on any atom is -0.399 e. The fourth-order valence-corrected chi connectivity index (χ4v) is 2.30. The highest BCUT2D eigenvalue weighted by Crippen LogP contribution is 2.15. The van der Waals surface area contributed by atoms with E-state index in [0.29, 0.717) is 5.69 Å². The van der Waals surface area contributed by atoms with Gasteiger partial charge in [0, 0.05) is 11.9 Å². The van der Waals surface area contributed by atoms with Crippen molar-refractivity contribution in [1.29, 1.82) is 0 Å². The predicted molar refractivity (Wildman–Crippen MR) is 68.7 cm³/mol. The molecule has 0 aliphatic carbocycles. The summed E-state index contributed by atoms with van der Waals surface area (Å²) in [7, 11) is -3.74. The number of nitrogens with two attached hydrogens (primary N) is 1. The molecule has 6 nitrogen and oxygen atoms in total. The summed E-state index contributed by atoms with van der Waals surface area (Å²) < 4.78 is 26.1. The fraction of sp³-hybridized carbons (Fsp3) is 0. The van der Waals surface area contributed by atoms with Crippen LogP contribution in [0.4, 0.5) is 11.6 Å². The quantitative estimate of drug-likeness (QED) is 0.658. The van der Waals surface area contributed by atoms with Crippen molar-refractivity contribution in [1.82, 2.24) is 9.97 Å². The SMILES string of the molecule is Nc1ccc(S(=O)(=O)Nc2nccc(Cl)n2)cc1. The lowest BCUT2D eigenvalue weighted by Crippen LogP contribution is -2.15. The zero-order chi connectivity index (χ0) is 13.2. The van der Waals surface area contributed by atoms with Crippen LogP contribution in [0.25, 0.3) is 0 Å². The molecule has 3 N–H and O–H groups in total. The summed E-state index contributed by atoms with van der Waals surface area (Å²) in [5.74, 6) is -0.0840. The maximum atomic E-state index is 11.9. The number of nitrogens with zero attached hydrogens (tertiary/aromatic N) is 2. The van der Waals surface area contributed by atoms with Crippen molar-refractivity contribution < 1.29 is 8.42 Å². The molecule has 1 heterocycles. The van der Waals surface area contributed by atoms with Crippen molar-refractivity contribution in [2.24, 2.45) is 0 Å². The van der Waals surface area contributed by atoms with Gasteiger partial charge in [-0.15, -0.1) is 0 Å². The summed E-state index contributed by atoms with van der Waals surface area (Å²) in [5, 5.41) is 0.153. The molecule has 0 saturated carbocycles. The van der Waals surface area contributed by atoms with Gasteiger partial charge >= 0.3 is 0 Å². The van der Waals surface area contributed by atoms with Gasteiger partial charge < -0.3 is 5.73 Å². The van der Waals surface area contributed by atoms with E-state index in [1.54, 1.807) is 0 Å². The second-order valence-corrected chi connectivity index (χ2v) is 5.45. The van der Waals surface area contributed by atoms with Gasteiger partial charge in [-0.2, -0.15) is 0 Å². The smallest absolute Gasteiger partial charge is 0.264 e. The molecule has 2 aromatic rings. The van der Waals surface area contributed by atoms with E-state index >= 15 is 0 Å². The van der Waals surface area contributed by atoms with Crippen molar-refractivity contribution in [2.45, 2.75) is 4.90 Å². The summed E-state index contributed by atoms with van der Waals surface area (Å²) in [6.45, 7) is 0. The first-order chi connectivity index (χ1) is 8.47. The Morgan fingerprint density at radius 2 is 1.83 bits per heavy atom. The van der Waals surface area contributed by atoms with Crippen molar-refractivity contribution in [3.63, 3.8) is 0 Å². The van der Waals surface area contributed by atoms with Crippen LogP contribution in [0.15, 0.2) is 41.4 Å². The van der Waals surface area contributed by atoms with Crippen LogP contribution in [-0.2, 0) is 10.0 Å². The summed E-state index contributed by atoms with van der Waals surface area (Å²) in [6.07, 6.45) is 1.36. The lowest BCUT2D eigenvalue weighted by molar-refractivity contribution is 0.601. The normalized spacial score (nSPS) is 11.2. The van der Waals surface area contributed by atoms with E-state index in [1.165, 1.54) is 36.5 Å². The molecule has 0 bridgehead atoms. The second kappa shape index (κ2) is 4.79. The Hall–Kier alpha value is -1.86. The molecular formula is C10H9ClN4O2S. The first-order valence-electron chi connectivity index (χ1n) is 4.84. The van der Waals surface area contributed by atoms with Crippen LogP contribution < -0.4 is 10.5 Å². The molecule has 8 heteroatoms. The molecule has 0 aliphatic rings. The van der Waals surface area contributed by atoms with Crippen LogP contribution in [0.3, 0.4) is 0 Å². The van der Waals surface area contributed by atoms with Crippen molar-refractivity contribution in [3.8, 4) is 0 Å². The Morgan fingerprint density at radius 3 is 2.44 bits per heavy atom. The van der Waals surface area contributed by atoms with Crippen LogP contribution in [0.1, 0.15) is 0 Å². The average Bonchev–Trinajstić information content (AvgIpc) is 2.29. The Labute approximate surface area is 109 Å². The molecule has 0 spiro atoms. The first-order valence-corrected chi connectivity index (χ1v) is 6.70. The highest BCUT2D eigenvalue weighted by Gasteiger charge is 2.15. The van der Waals surface area contributed by atoms with E-state index in [-0.39, 0.29) is 16.0 Å². The molecule has 0 saturated heterocycles. The van der Waals surface area contributed by atoms with Gasteiger partial charge in [0.25, 0.3) is 10.0 Å². The Bertz CT molecular complexity index is 658. The van der Waals surface area contributed by atoms with E-state index < -0.39 is 10.0 Å². The molecule has 2 rings (SSSR count). The van der Waals surface area contributed by atoms with E-state index in [1.807, 2.05) is 0 Å². The number of hydrogen-bond donors (Lipinski definition) is 2. The van der Waals surface area contributed by atoms with Gasteiger partial charge in [0.15, 0.2) is 0 Å². The summed E-state index contributed by atoms with van der Waals surface area (Å²) in [6, 6.07) is 7.22. The molecular weight excluding hydrogens is 276 g/mol. The molecule has 18 heavy (non-hydrogen) atoms. The molecule has 94 valence electrons. The number of anilines is 2. The predicted octanol–water partition coefficient (Wildman–Crippen LogP) is 1.51. The highest BCUT2D eigenvalue weighted by molar-refractivity contribution is 7.92. The van der Waals surface area contributed by atoms with Crippen LogP contribution in [0.5, 0.6) is 0 Å². The minimum atomic E-state index is -3.74. The first kappa shape index (κ1) is 12.6. The lowest BCUT2D eigenvalue weighted by Gasteiger charge is -2.06. The van der Waals surface area contributed by atoms with Gasteiger partial charge in [-0.05, 0) is 30.3 Å². The number of aromatic nitrogens is 2. The number of rotatable bonds is 3. The van der Waals surface area contributed by atoms with Crippen molar-refractivity contribution >= 4 is 33.3 Å². The lowest BCUT2D eigenvalue weighted by atomic mass is 10.3. The Kier molecular flexibility index (Phi) is 3.35. The molecule has 1 aromatic carbocycles. The molecule has 0 amide bonds. The maximum Gasteiger partial charge on any atom is 0.264 e. The Morgan fingerprint density at radius 1 is 1.17 bits per heavy atom. The van der Waals surface area contributed by atoms with E-state index in [0.717, 1.165) is 0 Å². The fourth-order valence-electron chi connectivity index (χ4n) is 1.21. The molecule has 0 fully saturated rings. The average molecular weight is 285 g/mol. The van der Waals surface area contributed by atoms with Crippen LogP contribution >= 0.6 is 11.6 Å². The Balaban J connectivity index is 2.30. The number of halogens is 1. The highest BCUT2D eigenvalue weighted by atomic mass is 35.5. The topological polar surface area (TPSA) is 98.0 Å². The standard InChI is InChI=1S/C10H9ClN4O2S/c11-9-5-6-13-10(14-9)15-18(16,17)8-3-1-7(12)2-4-8/h1-6H,12H2,(H,13,14,15). The van der Waals surface area contributed by atoms with E-state index in [2.05, 4.69) is 14.7 Å². The van der Waals surface area contributed by atoms with Crippen LogP contribution in [-0.4, -0.2) is 18.4 Å². The van der Waals surface area contributed by atoms with Crippen molar-refractivity contribution in [3.05, 3.63) is 41.7 Å². The minimum absolute atomic E-state index is 0.0697. The van der Waals surface area contributed by atoms with Gasteiger partial charge in [0.1, 0.15) is 5.15 Å². The van der Waals surface area contributed by atoms with Gasteiger partial charge in [0.05, 0.1) is 4.90 Å². The zero-order valence-electron chi connectivity index (χ0n) is 9.04. The van der Waals surface area contributed by atoms with Crippen molar-refractivity contribution in [2.75, 3.05) is 10.5 Å². The zero-order valence-corrected chi connectivity index (χ0v) is 10.6. The molecule has 0 unspecified atom stereocenters. The van der Waals surface area contributed by atoms with Gasteiger partial charge in [0.2, 0.25) is 5.95 Å². The van der Waals surface area contributed by atoms with Gasteiger partial charge in [-0.25, -0.2) is 23.1 Å². The third kappa shape index (κ3) is 2.88.